The predicted molar refractivity (Wildman–Crippen MR) is 114 cm³/mol. The van der Waals surface area contributed by atoms with Crippen LogP contribution in [0.5, 0.6) is 0 Å². The summed E-state index contributed by atoms with van der Waals surface area (Å²) in [4.78, 5) is 26.3. The Kier molecular flexibility index (Phi) is 5.70. The van der Waals surface area contributed by atoms with Crippen molar-refractivity contribution in [1.82, 2.24) is 34.7 Å². The zero-order chi connectivity index (χ0) is 20.9. The molecule has 0 aliphatic carbocycles. The van der Waals surface area contributed by atoms with E-state index in [1.165, 1.54) is 6.33 Å². The molecule has 1 aliphatic heterocycles. The first-order valence-electron chi connectivity index (χ1n) is 9.85. The highest BCUT2D eigenvalue weighted by atomic mass is 15.4. The van der Waals surface area contributed by atoms with Gasteiger partial charge in [-0.15, -0.1) is 0 Å². The second-order valence-corrected chi connectivity index (χ2v) is 7.31. The summed E-state index contributed by atoms with van der Waals surface area (Å²) in [5, 5.41) is 7.28. The van der Waals surface area contributed by atoms with Crippen LogP contribution in [-0.2, 0) is 7.05 Å². The minimum Gasteiger partial charge on any atom is -0.337 e. The smallest absolute Gasteiger partial charge is 0.232 e. The van der Waals surface area contributed by atoms with E-state index in [0.717, 1.165) is 43.4 Å². The van der Waals surface area contributed by atoms with E-state index in [0.29, 0.717) is 17.8 Å². The summed E-state index contributed by atoms with van der Waals surface area (Å²) in [6.45, 7) is 7.24. The van der Waals surface area contributed by atoms with E-state index >= 15 is 0 Å². The largest absolute Gasteiger partial charge is 0.337 e. The molecule has 0 atom stereocenters. The van der Waals surface area contributed by atoms with Gasteiger partial charge in [-0.05, 0) is 0 Å². The molecular weight excluding hydrogens is 380 g/mol. The van der Waals surface area contributed by atoms with E-state index in [4.69, 9.17) is 0 Å². The summed E-state index contributed by atoms with van der Waals surface area (Å²) >= 11 is 0. The fourth-order valence-corrected chi connectivity index (χ4v) is 3.00. The molecule has 3 aromatic rings. The number of anilines is 4. The Morgan fingerprint density at radius 2 is 1.63 bits per heavy atom. The van der Waals surface area contributed by atoms with Crippen LogP contribution in [0.2, 0.25) is 0 Å². The normalized spacial score (nSPS) is 13.9. The lowest BCUT2D eigenvalue weighted by Crippen LogP contribution is -2.47. The molecule has 0 saturated carbocycles. The maximum Gasteiger partial charge on any atom is 0.232 e. The van der Waals surface area contributed by atoms with Crippen molar-refractivity contribution in [2.75, 3.05) is 41.3 Å². The van der Waals surface area contributed by atoms with Gasteiger partial charge in [0, 0.05) is 57.7 Å². The fourth-order valence-electron chi connectivity index (χ4n) is 3.00. The van der Waals surface area contributed by atoms with Crippen molar-refractivity contribution >= 4 is 23.5 Å². The van der Waals surface area contributed by atoms with Crippen LogP contribution >= 0.6 is 0 Å². The lowest BCUT2D eigenvalue weighted by molar-refractivity contribution is 0.627. The maximum absolute atomic E-state index is 4.54. The average molecular weight is 404 g/mol. The number of aryl methyl sites for hydroxylation is 1. The molecule has 0 spiro atoms. The third-order valence-electron chi connectivity index (χ3n) is 4.51. The van der Waals surface area contributed by atoms with E-state index in [2.05, 4.69) is 70.8 Å². The molecule has 0 unspecified atom stereocenters. The molecule has 4 rings (SSSR count). The minimum absolute atomic E-state index is 0.327. The summed E-state index contributed by atoms with van der Waals surface area (Å²) in [5.41, 5.74) is 1.67. The van der Waals surface area contributed by atoms with Gasteiger partial charge in [0.2, 0.25) is 17.8 Å². The molecule has 0 amide bonds. The van der Waals surface area contributed by atoms with Crippen LogP contribution in [0.3, 0.4) is 0 Å². The average Bonchev–Trinajstić information content (AvgIpc) is 3.17. The molecule has 1 N–H and O–H groups in total. The molecule has 154 valence electrons. The Hall–Kier alpha value is -3.74. The van der Waals surface area contributed by atoms with E-state index in [-0.39, 0.29) is 0 Å². The van der Waals surface area contributed by atoms with Gasteiger partial charge in [-0.25, -0.2) is 19.9 Å². The standard InChI is InChI=1S/C20H24N10/c1-15(2)4-5-16-10-21-19(22-11-16)29-6-8-30(9-7-29)20-24-14-23-18(27-20)26-17-12-25-28(3)13-17/h10-15H,6-9H2,1-3H3,(H,23,24,26,27). The molecule has 0 radical (unpaired) electrons. The lowest BCUT2D eigenvalue weighted by Gasteiger charge is -2.34. The summed E-state index contributed by atoms with van der Waals surface area (Å²) in [5.74, 6) is 8.41. The number of piperazine rings is 1. The van der Waals surface area contributed by atoms with Crippen molar-refractivity contribution in [2.24, 2.45) is 13.0 Å². The van der Waals surface area contributed by atoms with Crippen LogP contribution in [0.1, 0.15) is 19.4 Å². The first kappa shape index (κ1) is 19.6. The van der Waals surface area contributed by atoms with Crippen molar-refractivity contribution in [1.29, 1.82) is 0 Å². The monoisotopic (exact) mass is 404 g/mol. The zero-order valence-electron chi connectivity index (χ0n) is 17.3. The van der Waals surface area contributed by atoms with Gasteiger partial charge in [0.1, 0.15) is 6.33 Å². The second kappa shape index (κ2) is 8.73. The van der Waals surface area contributed by atoms with E-state index in [1.807, 2.05) is 13.2 Å². The van der Waals surface area contributed by atoms with E-state index < -0.39 is 0 Å². The fraction of sp³-hybridized carbons (Fsp3) is 0.400. The Bertz CT molecular complexity index is 1040. The number of hydrogen-bond acceptors (Lipinski definition) is 9. The molecule has 1 saturated heterocycles. The number of rotatable bonds is 4. The number of nitrogens with one attached hydrogen (secondary N) is 1. The van der Waals surface area contributed by atoms with Gasteiger partial charge < -0.3 is 15.1 Å². The van der Waals surface area contributed by atoms with Gasteiger partial charge in [-0.1, -0.05) is 25.7 Å². The molecule has 10 nitrogen and oxygen atoms in total. The van der Waals surface area contributed by atoms with Crippen molar-refractivity contribution in [3.63, 3.8) is 0 Å². The first-order chi connectivity index (χ1) is 14.6. The summed E-state index contributed by atoms with van der Waals surface area (Å²) in [6.07, 6.45) is 8.68. The molecule has 3 aromatic heterocycles. The van der Waals surface area contributed by atoms with Gasteiger partial charge in [0.05, 0.1) is 17.4 Å². The molecule has 4 heterocycles. The highest BCUT2D eigenvalue weighted by molar-refractivity contribution is 5.51. The highest BCUT2D eigenvalue weighted by Crippen LogP contribution is 2.17. The van der Waals surface area contributed by atoms with Crippen LogP contribution in [0.25, 0.3) is 0 Å². The van der Waals surface area contributed by atoms with Gasteiger partial charge >= 0.3 is 0 Å². The second-order valence-electron chi connectivity index (χ2n) is 7.31. The Morgan fingerprint density at radius 1 is 0.933 bits per heavy atom. The first-order valence-corrected chi connectivity index (χ1v) is 9.85. The third-order valence-corrected chi connectivity index (χ3v) is 4.51. The number of nitrogens with zero attached hydrogens (tertiary/aromatic N) is 9. The molecule has 10 heteroatoms. The van der Waals surface area contributed by atoms with Crippen LogP contribution in [0.15, 0.2) is 31.1 Å². The number of hydrogen-bond donors (Lipinski definition) is 1. The summed E-state index contributed by atoms with van der Waals surface area (Å²) < 4.78 is 1.72. The van der Waals surface area contributed by atoms with Gasteiger partial charge in [-0.3, -0.25) is 4.68 Å². The van der Waals surface area contributed by atoms with Crippen molar-refractivity contribution < 1.29 is 0 Å². The highest BCUT2D eigenvalue weighted by Gasteiger charge is 2.21. The van der Waals surface area contributed by atoms with Crippen molar-refractivity contribution in [2.45, 2.75) is 13.8 Å². The lowest BCUT2D eigenvalue weighted by atomic mass is 10.2. The zero-order valence-corrected chi connectivity index (χ0v) is 17.3. The summed E-state index contributed by atoms with van der Waals surface area (Å²) in [7, 11) is 1.86. The molecule has 0 bridgehead atoms. The maximum atomic E-state index is 4.54. The SMILES string of the molecule is CC(C)C#Cc1cnc(N2CCN(c3ncnc(Nc4cnn(C)c4)n3)CC2)nc1. The topological polar surface area (TPSA) is 101 Å². The van der Waals surface area contributed by atoms with Crippen LogP contribution in [0.4, 0.5) is 23.5 Å². The quantitative estimate of drug-likeness (QED) is 0.648. The van der Waals surface area contributed by atoms with E-state index in [1.54, 1.807) is 23.3 Å². The van der Waals surface area contributed by atoms with Crippen LogP contribution in [0, 0.1) is 17.8 Å². The van der Waals surface area contributed by atoms with Gasteiger partial charge in [0.25, 0.3) is 0 Å². The Balaban J connectivity index is 1.36. The van der Waals surface area contributed by atoms with Crippen molar-refractivity contribution in [3.05, 3.63) is 36.7 Å². The predicted octanol–water partition coefficient (Wildman–Crippen LogP) is 1.47. The molecule has 1 aliphatic rings. The summed E-state index contributed by atoms with van der Waals surface area (Å²) in [6, 6.07) is 0. The third kappa shape index (κ3) is 4.81. The van der Waals surface area contributed by atoms with Gasteiger partial charge in [-0.2, -0.15) is 10.1 Å². The van der Waals surface area contributed by atoms with Crippen molar-refractivity contribution in [3.8, 4) is 11.8 Å². The van der Waals surface area contributed by atoms with Gasteiger partial charge in [0.15, 0.2) is 0 Å². The van der Waals surface area contributed by atoms with Crippen LogP contribution < -0.4 is 15.1 Å². The molecular formula is C20H24N10. The minimum atomic E-state index is 0.327. The molecule has 30 heavy (non-hydrogen) atoms. The number of aromatic nitrogens is 7. The molecule has 1 fully saturated rings. The molecule has 0 aromatic carbocycles. The Labute approximate surface area is 175 Å². The van der Waals surface area contributed by atoms with Crippen LogP contribution in [-0.4, -0.2) is 60.9 Å². The Morgan fingerprint density at radius 3 is 2.27 bits per heavy atom. The van der Waals surface area contributed by atoms with E-state index in [9.17, 15) is 0 Å².